The van der Waals surface area contributed by atoms with E-state index in [1.54, 1.807) is 0 Å². The molecule has 0 unspecified atom stereocenters. The van der Waals surface area contributed by atoms with Crippen LogP contribution in [0.3, 0.4) is 0 Å². The molecule has 0 amide bonds. The number of hydrogen-bond donors (Lipinski definition) is 0. The molecule has 0 heterocycles. The van der Waals surface area contributed by atoms with Gasteiger partial charge in [0.15, 0.2) is 0 Å². The fourth-order valence-electron chi connectivity index (χ4n) is 4.45. The Balaban J connectivity index is 0.000000275. The number of benzene rings is 6. The Kier molecular flexibility index (Phi) is 20.6. The molecule has 49 heavy (non-hydrogen) atoms. The molecule has 0 saturated carbocycles. The van der Waals surface area contributed by atoms with Crippen LogP contribution in [0.1, 0.15) is 41.5 Å². The van der Waals surface area contributed by atoms with Crippen molar-refractivity contribution in [2.24, 2.45) is 0 Å². The van der Waals surface area contributed by atoms with E-state index >= 15 is 0 Å². The van der Waals surface area contributed by atoms with E-state index < -0.39 is 15.8 Å². The maximum atomic E-state index is 5.54. The minimum absolute atomic E-state index is 0. The van der Waals surface area contributed by atoms with Gasteiger partial charge in [-0.1, -0.05) is 211 Å². The van der Waals surface area contributed by atoms with Crippen molar-refractivity contribution in [3.05, 3.63) is 182 Å². The predicted molar refractivity (Wildman–Crippen MR) is 228 cm³/mol. The summed E-state index contributed by atoms with van der Waals surface area (Å²) in [6.07, 6.45) is 0. The van der Waals surface area contributed by atoms with Crippen molar-refractivity contribution in [2.45, 2.75) is 51.3 Å². The second-order valence-corrected chi connectivity index (χ2v) is 17.2. The third-order valence-corrected chi connectivity index (χ3v) is 12.3. The molecular formula is C44H46P2S2Sn. The molecular weight excluding hydrogens is 773 g/mol. The molecule has 0 nitrogen and oxygen atoms in total. The van der Waals surface area contributed by atoms with Crippen molar-refractivity contribution in [1.82, 2.24) is 0 Å². The number of hydrogen-bond acceptors (Lipinski definition) is 2. The van der Waals surface area contributed by atoms with E-state index in [0.29, 0.717) is 0 Å². The minimum atomic E-state index is -0.571. The van der Waals surface area contributed by atoms with E-state index in [9.17, 15) is 0 Å². The van der Waals surface area contributed by atoms with Gasteiger partial charge in [0.25, 0.3) is 0 Å². The van der Waals surface area contributed by atoms with E-state index in [1.807, 2.05) is 24.3 Å². The summed E-state index contributed by atoms with van der Waals surface area (Å²) >= 11 is 11.1. The predicted octanol–water partition coefficient (Wildman–Crippen LogP) is 9.56. The normalized spacial score (nSPS) is 10.2. The molecule has 0 aliphatic carbocycles. The van der Waals surface area contributed by atoms with Crippen molar-refractivity contribution in [3.8, 4) is 0 Å². The van der Waals surface area contributed by atoms with Crippen LogP contribution in [0, 0.1) is 11.8 Å². The van der Waals surface area contributed by atoms with Gasteiger partial charge in [-0.3, -0.25) is 0 Å². The molecule has 0 aliphatic rings. The molecule has 6 aromatic rings. The van der Waals surface area contributed by atoms with Gasteiger partial charge in [0.2, 0.25) is 0 Å². The maximum Gasteiger partial charge on any atom is 2.00 e. The monoisotopic (exact) mass is 820 g/mol. The Labute approximate surface area is 327 Å². The summed E-state index contributed by atoms with van der Waals surface area (Å²) in [5.41, 5.74) is 0. The molecule has 0 atom stereocenters. The van der Waals surface area contributed by atoms with Crippen molar-refractivity contribution in [2.75, 3.05) is 0 Å². The van der Waals surface area contributed by atoms with Crippen LogP contribution in [0.25, 0.3) is 0 Å². The van der Waals surface area contributed by atoms with E-state index in [0.717, 1.165) is 9.79 Å². The van der Waals surface area contributed by atoms with Crippen LogP contribution in [0.4, 0.5) is 0 Å². The molecule has 0 aliphatic heterocycles. The molecule has 5 heteroatoms. The Bertz CT molecular complexity index is 1500. The second-order valence-electron chi connectivity index (χ2n) is 11.9. The topological polar surface area (TPSA) is 0 Å². The summed E-state index contributed by atoms with van der Waals surface area (Å²) in [5.74, 6) is 2.83. The van der Waals surface area contributed by atoms with Gasteiger partial charge in [-0.2, -0.15) is 9.79 Å². The Morgan fingerprint density at radius 2 is 0.510 bits per heavy atom. The first-order valence-corrected chi connectivity index (χ1v) is 19.5. The van der Waals surface area contributed by atoms with Crippen molar-refractivity contribution in [1.29, 1.82) is 0 Å². The average Bonchev–Trinajstić information content (AvgIpc) is 3.09. The van der Waals surface area contributed by atoms with Crippen LogP contribution in [-0.4, -0.2) is 23.9 Å². The zero-order valence-electron chi connectivity index (χ0n) is 29.4. The van der Waals surface area contributed by atoms with Gasteiger partial charge in [-0.05, 0) is 59.5 Å². The van der Waals surface area contributed by atoms with Crippen LogP contribution in [0.2, 0.25) is 0 Å². The molecule has 0 spiro atoms. The van der Waals surface area contributed by atoms with E-state index in [4.69, 9.17) is 25.3 Å². The molecule has 0 aromatic heterocycles. The summed E-state index contributed by atoms with van der Waals surface area (Å²) < 4.78 is 0. The Morgan fingerprint density at radius 3 is 0.714 bits per heavy atom. The van der Waals surface area contributed by atoms with Crippen molar-refractivity contribution in [3.63, 3.8) is 0 Å². The summed E-state index contributed by atoms with van der Waals surface area (Å²) in [6.45, 7) is 12.5. The van der Waals surface area contributed by atoms with Gasteiger partial charge in [0.05, 0.1) is 0 Å². The first-order valence-electron chi connectivity index (χ1n) is 16.0. The van der Waals surface area contributed by atoms with Crippen molar-refractivity contribution >= 4 is 96.8 Å². The molecule has 248 valence electrons. The molecule has 6 aromatic carbocycles. The first kappa shape index (κ1) is 42.6. The second kappa shape index (κ2) is 23.8. The summed E-state index contributed by atoms with van der Waals surface area (Å²) in [6, 6.07) is 59.1. The zero-order valence-corrected chi connectivity index (χ0v) is 35.7. The van der Waals surface area contributed by atoms with Gasteiger partial charge in [-0.25, -0.2) is 0 Å². The van der Waals surface area contributed by atoms with Crippen LogP contribution in [-0.2, 0) is 25.3 Å². The SMILES string of the molecule is C[C](C)C.C[C](C)C.[S-]c1ccccc1P(c1ccccc1)c1ccccc1.[S-]c1ccccc1P(c1ccccc1)c1ccccc1.[Sn+2]. The molecule has 6 rings (SSSR count). The smallest absolute Gasteiger partial charge is 0.779 e. The molecule has 0 fully saturated rings. The van der Waals surface area contributed by atoms with Gasteiger partial charge in [-0.15, -0.1) is 0 Å². The van der Waals surface area contributed by atoms with E-state index in [-0.39, 0.29) is 23.9 Å². The van der Waals surface area contributed by atoms with Crippen molar-refractivity contribution < 1.29 is 0 Å². The van der Waals surface area contributed by atoms with Gasteiger partial charge in [0.1, 0.15) is 0 Å². The quantitative estimate of drug-likeness (QED) is 0.0934. The minimum Gasteiger partial charge on any atom is -0.779 e. The first-order chi connectivity index (χ1) is 23.2. The van der Waals surface area contributed by atoms with E-state index in [2.05, 4.69) is 187 Å². The third kappa shape index (κ3) is 15.1. The number of rotatable bonds is 6. The van der Waals surface area contributed by atoms with Gasteiger partial charge in [0, 0.05) is 0 Å². The average molecular weight is 820 g/mol. The fraction of sp³-hybridized carbons (Fsp3) is 0.136. The standard InChI is InChI=1S/2C18H15PS.2C4H9.Sn/c2*20-18-14-8-7-13-17(18)19(15-9-3-1-4-10-15)16-11-5-2-6-12-16;2*1-4(2)3;/h2*1-14,20H;2*1-3H3;/q;;;;+2/p-2. The van der Waals surface area contributed by atoms with Gasteiger partial charge >= 0.3 is 23.9 Å². The maximum absolute atomic E-state index is 5.54. The van der Waals surface area contributed by atoms with Crippen LogP contribution >= 0.6 is 15.8 Å². The van der Waals surface area contributed by atoms with Crippen LogP contribution < -0.4 is 31.8 Å². The zero-order chi connectivity index (χ0) is 34.7. The largest absolute Gasteiger partial charge is 2.00 e. The Morgan fingerprint density at radius 1 is 0.327 bits per heavy atom. The fourth-order valence-corrected chi connectivity index (χ4v) is 9.94. The third-order valence-electron chi connectivity index (χ3n) is 6.27. The molecule has 4 radical (unpaired) electrons. The molecule has 0 N–H and O–H groups in total. The van der Waals surface area contributed by atoms with Gasteiger partial charge < -0.3 is 25.3 Å². The molecule has 0 saturated heterocycles. The van der Waals surface area contributed by atoms with Crippen LogP contribution in [0.5, 0.6) is 0 Å². The Hall–Kier alpha value is -2.58. The summed E-state index contributed by atoms with van der Waals surface area (Å²) in [4.78, 5) is 1.90. The molecule has 0 bridgehead atoms. The summed E-state index contributed by atoms with van der Waals surface area (Å²) in [7, 11) is -1.14. The van der Waals surface area contributed by atoms with Crippen LogP contribution in [0.15, 0.2) is 180 Å². The van der Waals surface area contributed by atoms with E-state index in [1.165, 1.54) is 43.7 Å². The summed E-state index contributed by atoms with van der Waals surface area (Å²) in [5, 5.41) is 7.87.